The summed E-state index contributed by atoms with van der Waals surface area (Å²) in [6.07, 6.45) is 1.59. The molecular weight excluding hydrogens is 326 g/mol. The van der Waals surface area contributed by atoms with Crippen LogP contribution in [0.4, 0.5) is 8.78 Å². The van der Waals surface area contributed by atoms with Crippen molar-refractivity contribution in [3.8, 4) is 0 Å². The number of pyridine rings is 1. The topological polar surface area (TPSA) is 76.0 Å². The number of carbonyl (C=O) groups is 1. The minimum absolute atomic E-state index is 0.0731. The lowest BCUT2D eigenvalue weighted by Crippen LogP contribution is -2.15. The normalized spacial score (nSPS) is 11.0. The van der Waals surface area contributed by atoms with Crippen LogP contribution in [0.25, 0.3) is 10.8 Å². The third-order valence-corrected chi connectivity index (χ3v) is 4.22. The number of H-pyrrole nitrogens is 1. The molecule has 1 aromatic heterocycles. The van der Waals surface area contributed by atoms with Crippen LogP contribution in [0.15, 0.2) is 41.3 Å². The van der Waals surface area contributed by atoms with Gasteiger partial charge in [0.05, 0.1) is 5.56 Å². The van der Waals surface area contributed by atoms with Crippen molar-refractivity contribution in [2.45, 2.75) is 13.3 Å². The van der Waals surface area contributed by atoms with Crippen molar-refractivity contribution in [3.63, 3.8) is 0 Å². The van der Waals surface area contributed by atoms with Gasteiger partial charge in [-0.1, -0.05) is 12.1 Å². The fraction of sp³-hybridized carbons (Fsp3) is 0.158. The molecule has 0 unspecified atom stereocenters. The number of aryl methyl sites for hydroxylation is 1. The standard InChI is InChI=1S/C19H16F2N2O2/c1-10-9-15(20)16(17(21)11(10)5-7-22)18(24)13-3-2-4-14-12(13)6-8-23-19(14)25/h2-4,6,8-9H,5,7,22H2,1H3,(H,23,25). The Balaban J connectivity index is 2.25. The Morgan fingerprint density at radius 2 is 1.96 bits per heavy atom. The summed E-state index contributed by atoms with van der Waals surface area (Å²) in [5.41, 5.74) is 5.19. The minimum atomic E-state index is -0.928. The molecule has 4 nitrogen and oxygen atoms in total. The first-order chi connectivity index (χ1) is 12.0. The van der Waals surface area contributed by atoms with E-state index in [1.54, 1.807) is 13.0 Å². The van der Waals surface area contributed by atoms with Gasteiger partial charge in [-0.3, -0.25) is 9.59 Å². The van der Waals surface area contributed by atoms with Crippen LogP contribution in [0.1, 0.15) is 27.0 Å². The summed E-state index contributed by atoms with van der Waals surface area (Å²) in [7, 11) is 0. The zero-order chi connectivity index (χ0) is 18.1. The highest BCUT2D eigenvalue weighted by atomic mass is 19.1. The molecule has 0 bridgehead atoms. The SMILES string of the molecule is Cc1cc(F)c(C(=O)c2cccc3c(=O)[nH]ccc23)c(F)c1CCN. The monoisotopic (exact) mass is 342 g/mol. The Labute approximate surface area is 142 Å². The van der Waals surface area contributed by atoms with Crippen LogP contribution in [-0.4, -0.2) is 17.3 Å². The molecule has 0 aliphatic heterocycles. The van der Waals surface area contributed by atoms with Crippen LogP contribution < -0.4 is 11.3 Å². The number of benzene rings is 2. The van der Waals surface area contributed by atoms with E-state index in [2.05, 4.69) is 4.98 Å². The van der Waals surface area contributed by atoms with Gasteiger partial charge in [-0.15, -0.1) is 0 Å². The van der Waals surface area contributed by atoms with E-state index in [0.717, 1.165) is 6.07 Å². The van der Waals surface area contributed by atoms with Gasteiger partial charge in [0.1, 0.15) is 11.6 Å². The maximum absolute atomic E-state index is 14.8. The van der Waals surface area contributed by atoms with Gasteiger partial charge in [0.15, 0.2) is 5.78 Å². The fourth-order valence-corrected chi connectivity index (χ4v) is 2.99. The number of nitrogens with two attached hydrogens (primary N) is 1. The lowest BCUT2D eigenvalue weighted by atomic mass is 9.93. The fourth-order valence-electron chi connectivity index (χ4n) is 2.99. The summed E-state index contributed by atoms with van der Waals surface area (Å²) >= 11 is 0. The molecule has 3 rings (SSSR count). The minimum Gasteiger partial charge on any atom is -0.330 e. The molecule has 128 valence electrons. The Morgan fingerprint density at radius 1 is 1.20 bits per heavy atom. The van der Waals surface area contributed by atoms with Crippen molar-refractivity contribution in [1.29, 1.82) is 0 Å². The third kappa shape index (κ3) is 2.85. The number of halogens is 2. The molecule has 6 heteroatoms. The predicted molar refractivity (Wildman–Crippen MR) is 91.9 cm³/mol. The molecule has 3 aromatic rings. The summed E-state index contributed by atoms with van der Waals surface area (Å²) < 4.78 is 29.2. The highest BCUT2D eigenvalue weighted by Crippen LogP contribution is 2.26. The smallest absolute Gasteiger partial charge is 0.255 e. The molecule has 0 saturated heterocycles. The maximum atomic E-state index is 14.8. The van der Waals surface area contributed by atoms with Crippen molar-refractivity contribution >= 4 is 16.6 Å². The summed E-state index contributed by atoms with van der Waals surface area (Å²) in [5, 5.41) is 0.624. The molecule has 0 aliphatic rings. The molecule has 25 heavy (non-hydrogen) atoms. The Bertz CT molecular complexity index is 1040. The van der Waals surface area contributed by atoms with Crippen molar-refractivity contribution in [2.75, 3.05) is 6.54 Å². The molecule has 3 N–H and O–H groups in total. The first kappa shape index (κ1) is 17.0. The van der Waals surface area contributed by atoms with Gasteiger partial charge in [0.2, 0.25) is 0 Å². The second kappa shape index (κ2) is 6.57. The summed E-state index contributed by atoms with van der Waals surface area (Å²) in [5.74, 6) is -2.62. The number of hydrogen-bond acceptors (Lipinski definition) is 3. The third-order valence-electron chi connectivity index (χ3n) is 4.22. The second-order valence-electron chi connectivity index (χ2n) is 5.78. The van der Waals surface area contributed by atoms with E-state index >= 15 is 0 Å². The van der Waals surface area contributed by atoms with Crippen LogP contribution in [0, 0.1) is 18.6 Å². The highest BCUT2D eigenvalue weighted by molar-refractivity contribution is 6.16. The number of fused-ring (bicyclic) bond motifs is 1. The molecule has 0 aliphatic carbocycles. The number of rotatable bonds is 4. The Morgan fingerprint density at radius 3 is 2.68 bits per heavy atom. The first-order valence-corrected chi connectivity index (χ1v) is 7.78. The van der Waals surface area contributed by atoms with Gasteiger partial charge in [0.25, 0.3) is 5.56 Å². The van der Waals surface area contributed by atoms with Crippen molar-refractivity contribution in [2.24, 2.45) is 5.73 Å². The maximum Gasteiger partial charge on any atom is 0.255 e. The molecule has 0 amide bonds. The summed E-state index contributed by atoms with van der Waals surface area (Å²) in [6, 6.07) is 7.18. The zero-order valence-corrected chi connectivity index (χ0v) is 13.5. The van der Waals surface area contributed by atoms with Crippen LogP contribution in [0.5, 0.6) is 0 Å². The van der Waals surface area contributed by atoms with E-state index in [1.807, 2.05) is 0 Å². The van der Waals surface area contributed by atoms with Crippen molar-refractivity contribution < 1.29 is 13.6 Å². The van der Waals surface area contributed by atoms with E-state index in [4.69, 9.17) is 5.73 Å². The zero-order valence-electron chi connectivity index (χ0n) is 13.5. The van der Waals surface area contributed by atoms with Crippen LogP contribution in [0.3, 0.4) is 0 Å². The number of ketones is 1. The van der Waals surface area contributed by atoms with E-state index in [9.17, 15) is 18.4 Å². The van der Waals surface area contributed by atoms with Crippen molar-refractivity contribution in [3.05, 3.63) is 80.8 Å². The molecule has 0 fully saturated rings. The van der Waals surface area contributed by atoms with Gasteiger partial charge in [-0.25, -0.2) is 8.78 Å². The average molecular weight is 342 g/mol. The lowest BCUT2D eigenvalue weighted by molar-refractivity contribution is 0.103. The summed E-state index contributed by atoms with van der Waals surface area (Å²) in [4.78, 5) is 27.2. The Kier molecular flexibility index (Phi) is 4.46. The predicted octanol–water partition coefficient (Wildman–Crippen LogP) is 2.85. The molecule has 0 spiro atoms. The van der Waals surface area contributed by atoms with E-state index < -0.39 is 23.0 Å². The van der Waals surface area contributed by atoms with Crippen LogP contribution in [-0.2, 0) is 6.42 Å². The number of hydrogen-bond donors (Lipinski definition) is 2. The molecule has 0 radical (unpaired) electrons. The molecule has 0 atom stereocenters. The van der Waals surface area contributed by atoms with E-state index in [0.29, 0.717) is 10.9 Å². The van der Waals surface area contributed by atoms with Crippen LogP contribution >= 0.6 is 0 Å². The summed E-state index contributed by atoms with van der Waals surface area (Å²) in [6.45, 7) is 1.75. The van der Waals surface area contributed by atoms with Gasteiger partial charge in [-0.05, 0) is 54.6 Å². The number of nitrogens with one attached hydrogen (secondary N) is 1. The quantitative estimate of drug-likeness (QED) is 0.716. The molecule has 2 aromatic carbocycles. The average Bonchev–Trinajstić information content (AvgIpc) is 2.58. The number of aromatic nitrogens is 1. The van der Waals surface area contributed by atoms with E-state index in [1.165, 1.54) is 24.4 Å². The van der Waals surface area contributed by atoms with Crippen LogP contribution in [0.2, 0.25) is 0 Å². The van der Waals surface area contributed by atoms with Gasteiger partial charge < -0.3 is 10.7 Å². The second-order valence-corrected chi connectivity index (χ2v) is 5.78. The molecule has 0 saturated carbocycles. The highest BCUT2D eigenvalue weighted by Gasteiger charge is 2.24. The molecule has 1 heterocycles. The van der Waals surface area contributed by atoms with Gasteiger partial charge in [0, 0.05) is 17.1 Å². The number of aromatic amines is 1. The van der Waals surface area contributed by atoms with Gasteiger partial charge >= 0.3 is 0 Å². The first-order valence-electron chi connectivity index (χ1n) is 7.78. The molecular formula is C19H16F2N2O2. The lowest BCUT2D eigenvalue weighted by Gasteiger charge is -2.12. The van der Waals surface area contributed by atoms with Gasteiger partial charge in [-0.2, -0.15) is 0 Å². The number of carbonyl (C=O) groups excluding carboxylic acids is 1. The largest absolute Gasteiger partial charge is 0.330 e. The Hall–Kier alpha value is -2.86. The van der Waals surface area contributed by atoms with E-state index in [-0.39, 0.29) is 35.0 Å². The van der Waals surface area contributed by atoms with Crippen molar-refractivity contribution in [1.82, 2.24) is 4.98 Å².